The SMILES string of the molecule is CCN(CC)CC(=O)NC[C@H]1CCO[C@@H]1c1ccccc1. The van der Waals surface area contributed by atoms with Crippen molar-refractivity contribution in [2.45, 2.75) is 26.4 Å². The second kappa shape index (κ2) is 8.15. The van der Waals surface area contributed by atoms with E-state index in [4.69, 9.17) is 4.74 Å². The molecule has 0 radical (unpaired) electrons. The van der Waals surface area contributed by atoms with Crippen LogP contribution in [0.1, 0.15) is 31.9 Å². The van der Waals surface area contributed by atoms with Gasteiger partial charge in [-0.1, -0.05) is 44.2 Å². The molecule has 4 heteroatoms. The first kappa shape index (κ1) is 16.0. The topological polar surface area (TPSA) is 41.6 Å². The number of nitrogens with one attached hydrogen (secondary N) is 1. The Morgan fingerprint density at radius 3 is 2.67 bits per heavy atom. The maximum atomic E-state index is 12.0. The van der Waals surface area contributed by atoms with Gasteiger partial charge in [0.25, 0.3) is 0 Å². The third kappa shape index (κ3) is 4.55. The van der Waals surface area contributed by atoms with E-state index in [0.29, 0.717) is 19.0 Å². The molecule has 1 heterocycles. The van der Waals surface area contributed by atoms with Crippen molar-refractivity contribution in [2.75, 3.05) is 32.8 Å². The molecule has 0 saturated carbocycles. The number of benzene rings is 1. The number of rotatable bonds is 7. The molecule has 1 N–H and O–H groups in total. The summed E-state index contributed by atoms with van der Waals surface area (Å²) in [5.74, 6) is 0.477. The van der Waals surface area contributed by atoms with Crippen LogP contribution in [0.5, 0.6) is 0 Å². The standard InChI is InChI=1S/C17H26N2O2/c1-3-19(4-2)13-16(20)18-12-15-10-11-21-17(15)14-8-6-5-7-9-14/h5-9,15,17H,3-4,10-13H2,1-2H3,(H,18,20)/t15-,17-/m1/s1. The highest BCUT2D eigenvalue weighted by Gasteiger charge is 2.29. The fraction of sp³-hybridized carbons (Fsp3) is 0.588. The maximum absolute atomic E-state index is 12.0. The van der Waals surface area contributed by atoms with Crippen LogP contribution in [0.3, 0.4) is 0 Å². The number of carbonyl (C=O) groups is 1. The van der Waals surface area contributed by atoms with E-state index in [1.807, 2.05) is 18.2 Å². The van der Waals surface area contributed by atoms with Crippen molar-refractivity contribution in [2.24, 2.45) is 5.92 Å². The molecule has 1 saturated heterocycles. The second-order valence-electron chi connectivity index (χ2n) is 5.52. The quantitative estimate of drug-likeness (QED) is 0.837. The second-order valence-corrected chi connectivity index (χ2v) is 5.52. The minimum atomic E-state index is 0.109. The van der Waals surface area contributed by atoms with Crippen molar-refractivity contribution < 1.29 is 9.53 Å². The van der Waals surface area contributed by atoms with Crippen molar-refractivity contribution in [1.29, 1.82) is 0 Å². The van der Waals surface area contributed by atoms with E-state index in [9.17, 15) is 4.79 Å². The highest BCUT2D eigenvalue weighted by Crippen LogP contribution is 2.33. The molecule has 1 amide bonds. The predicted octanol–water partition coefficient (Wildman–Crippen LogP) is 2.22. The lowest BCUT2D eigenvalue weighted by molar-refractivity contribution is -0.122. The molecule has 1 aliphatic heterocycles. The van der Waals surface area contributed by atoms with Gasteiger partial charge >= 0.3 is 0 Å². The van der Waals surface area contributed by atoms with Gasteiger partial charge in [-0.2, -0.15) is 0 Å². The van der Waals surface area contributed by atoms with Gasteiger partial charge in [-0.3, -0.25) is 9.69 Å². The number of carbonyl (C=O) groups excluding carboxylic acids is 1. The van der Waals surface area contributed by atoms with Gasteiger partial charge in [0.1, 0.15) is 0 Å². The first-order valence-electron chi connectivity index (χ1n) is 7.90. The smallest absolute Gasteiger partial charge is 0.234 e. The van der Waals surface area contributed by atoms with Gasteiger partial charge in [0.05, 0.1) is 12.6 Å². The van der Waals surface area contributed by atoms with Gasteiger partial charge in [0.2, 0.25) is 5.91 Å². The van der Waals surface area contributed by atoms with E-state index in [0.717, 1.165) is 26.1 Å². The molecule has 0 aromatic heterocycles. The van der Waals surface area contributed by atoms with Crippen molar-refractivity contribution in [3.63, 3.8) is 0 Å². The molecule has 21 heavy (non-hydrogen) atoms. The molecular weight excluding hydrogens is 264 g/mol. The molecule has 1 fully saturated rings. The summed E-state index contributed by atoms with van der Waals surface area (Å²) in [5.41, 5.74) is 1.21. The largest absolute Gasteiger partial charge is 0.373 e. The van der Waals surface area contributed by atoms with Crippen molar-refractivity contribution in [3.05, 3.63) is 35.9 Å². The van der Waals surface area contributed by atoms with E-state index in [2.05, 4.69) is 36.2 Å². The lowest BCUT2D eigenvalue weighted by Gasteiger charge is -2.21. The zero-order valence-corrected chi connectivity index (χ0v) is 13.0. The molecule has 1 aromatic carbocycles. The van der Waals surface area contributed by atoms with Crippen LogP contribution in [-0.4, -0.2) is 43.6 Å². The first-order chi connectivity index (χ1) is 10.2. The molecule has 0 aliphatic carbocycles. The molecular formula is C17H26N2O2. The number of ether oxygens (including phenoxy) is 1. The van der Waals surface area contributed by atoms with Crippen molar-refractivity contribution in [1.82, 2.24) is 10.2 Å². The monoisotopic (exact) mass is 290 g/mol. The maximum Gasteiger partial charge on any atom is 0.234 e. The summed E-state index contributed by atoms with van der Waals surface area (Å²) in [7, 11) is 0. The van der Waals surface area contributed by atoms with Crippen molar-refractivity contribution >= 4 is 5.91 Å². The van der Waals surface area contributed by atoms with Crippen LogP contribution >= 0.6 is 0 Å². The number of likely N-dealkylation sites (N-methyl/N-ethyl adjacent to an activating group) is 1. The predicted molar refractivity (Wildman–Crippen MR) is 84.0 cm³/mol. The Bertz CT molecular complexity index is 432. The Balaban J connectivity index is 1.83. The fourth-order valence-corrected chi connectivity index (χ4v) is 2.81. The zero-order chi connectivity index (χ0) is 15.1. The third-order valence-electron chi connectivity index (χ3n) is 4.17. The lowest BCUT2D eigenvalue weighted by Crippen LogP contribution is -2.39. The Morgan fingerprint density at radius 1 is 1.29 bits per heavy atom. The van der Waals surface area contributed by atoms with E-state index in [1.54, 1.807) is 0 Å². The summed E-state index contributed by atoms with van der Waals surface area (Å²) in [5, 5.41) is 3.06. The average molecular weight is 290 g/mol. The molecule has 2 atom stereocenters. The third-order valence-corrected chi connectivity index (χ3v) is 4.17. The summed E-state index contributed by atoms with van der Waals surface area (Å²) in [4.78, 5) is 14.1. The average Bonchev–Trinajstić information content (AvgIpc) is 3.00. The fourth-order valence-electron chi connectivity index (χ4n) is 2.81. The minimum Gasteiger partial charge on any atom is -0.373 e. The summed E-state index contributed by atoms with van der Waals surface area (Å²) in [6.07, 6.45) is 1.12. The minimum absolute atomic E-state index is 0.109. The lowest BCUT2D eigenvalue weighted by atomic mass is 9.95. The first-order valence-corrected chi connectivity index (χ1v) is 7.90. The molecule has 0 unspecified atom stereocenters. The highest BCUT2D eigenvalue weighted by atomic mass is 16.5. The molecule has 0 bridgehead atoms. The number of hydrogen-bond acceptors (Lipinski definition) is 3. The molecule has 0 spiro atoms. The number of amides is 1. The number of nitrogens with zero attached hydrogens (tertiary/aromatic N) is 1. The van der Waals surface area contributed by atoms with Crippen LogP contribution in [-0.2, 0) is 9.53 Å². The van der Waals surface area contributed by atoms with Gasteiger partial charge in [0.15, 0.2) is 0 Å². The normalized spacial score (nSPS) is 21.7. The van der Waals surface area contributed by atoms with Crippen LogP contribution in [0.2, 0.25) is 0 Å². The van der Waals surface area contributed by atoms with Crippen LogP contribution in [0.4, 0.5) is 0 Å². The summed E-state index contributed by atoms with van der Waals surface area (Å²) >= 11 is 0. The Morgan fingerprint density at radius 2 is 2.00 bits per heavy atom. The van der Waals surface area contributed by atoms with Crippen LogP contribution < -0.4 is 5.32 Å². The van der Waals surface area contributed by atoms with E-state index in [-0.39, 0.29) is 12.0 Å². The molecule has 1 aromatic rings. The van der Waals surface area contributed by atoms with Crippen LogP contribution in [0.15, 0.2) is 30.3 Å². The van der Waals surface area contributed by atoms with Crippen molar-refractivity contribution in [3.8, 4) is 0 Å². The van der Waals surface area contributed by atoms with E-state index < -0.39 is 0 Å². The van der Waals surface area contributed by atoms with Gasteiger partial charge in [0, 0.05) is 19.1 Å². The van der Waals surface area contributed by atoms with Gasteiger partial charge in [-0.25, -0.2) is 0 Å². The van der Waals surface area contributed by atoms with Gasteiger partial charge < -0.3 is 10.1 Å². The Labute approximate surface area is 127 Å². The molecule has 116 valence electrons. The van der Waals surface area contributed by atoms with E-state index in [1.165, 1.54) is 5.56 Å². The molecule has 4 nitrogen and oxygen atoms in total. The van der Waals surface area contributed by atoms with Gasteiger partial charge in [-0.05, 0) is 25.1 Å². The van der Waals surface area contributed by atoms with E-state index >= 15 is 0 Å². The summed E-state index contributed by atoms with van der Waals surface area (Å²) < 4.78 is 5.85. The van der Waals surface area contributed by atoms with Gasteiger partial charge in [-0.15, -0.1) is 0 Å². The molecule has 2 rings (SSSR count). The highest BCUT2D eigenvalue weighted by molar-refractivity contribution is 5.78. The van der Waals surface area contributed by atoms with Crippen LogP contribution in [0.25, 0.3) is 0 Å². The molecule has 1 aliphatic rings. The summed E-state index contributed by atoms with van der Waals surface area (Å²) in [6, 6.07) is 10.3. The van der Waals surface area contributed by atoms with Crippen LogP contribution in [0, 0.1) is 5.92 Å². The Kier molecular flexibility index (Phi) is 6.21. The zero-order valence-electron chi connectivity index (χ0n) is 13.0. The Hall–Kier alpha value is -1.39. The summed E-state index contributed by atoms with van der Waals surface area (Å²) in [6.45, 7) is 7.92. The number of hydrogen-bond donors (Lipinski definition) is 1.